The summed E-state index contributed by atoms with van der Waals surface area (Å²) in [6, 6.07) is 12.8. The van der Waals surface area contributed by atoms with Gasteiger partial charge in [0.2, 0.25) is 0 Å². The summed E-state index contributed by atoms with van der Waals surface area (Å²) in [6.45, 7) is 8.52. The molecule has 0 spiro atoms. The second kappa shape index (κ2) is 9.62. The van der Waals surface area contributed by atoms with E-state index in [1.165, 1.54) is 29.2 Å². The Labute approximate surface area is 174 Å². The van der Waals surface area contributed by atoms with E-state index in [-0.39, 0.29) is 6.42 Å². The summed E-state index contributed by atoms with van der Waals surface area (Å²) in [4.78, 5) is 10.5. The van der Waals surface area contributed by atoms with Crippen LogP contribution in [0.5, 0.6) is 5.75 Å². The Morgan fingerprint density at radius 1 is 1.07 bits per heavy atom. The van der Waals surface area contributed by atoms with Crippen LogP contribution in [-0.4, -0.2) is 23.7 Å². The summed E-state index contributed by atoms with van der Waals surface area (Å²) in [5.74, 6) is 1.03. The van der Waals surface area contributed by atoms with Gasteiger partial charge in [-0.3, -0.25) is 4.79 Å². The summed E-state index contributed by atoms with van der Waals surface area (Å²) in [5, 5.41) is 14.4. The van der Waals surface area contributed by atoms with E-state index in [4.69, 9.17) is 9.84 Å². The molecule has 4 nitrogen and oxygen atoms in total. The van der Waals surface area contributed by atoms with Crippen LogP contribution in [0, 0.1) is 11.3 Å². The van der Waals surface area contributed by atoms with E-state index >= 15 is 0 Å². The van der Waals surface area contributed by atoms with Crippen molar-refractivity contribution in [3.05, 3.63) is 42.0 Å². The molecule has 2 aromatic carbocycles. The van der Waals surface area contributed by atoms with Crippen molar-refractivity contribution in [2.75, 3.05) is 6.54 Å². The molecule has 0 unspecified atom stereocenters. The fraction of sp³-hybridized carbons (Fsp3) is 0.560. The standard InChI is InChI=1S/C25H35NO3/c1-25(2,3)21-9-12-22(13-10-21)29-23-11-8-19-15-18(6-7-20(19)16-23)17-26-14-4-5-24(27)28/h6-8,11,15-16,21-22,26H,4-5,9-10,12-14,17H2,1-3H3,(H,27,28)/t21-,22-. The lowest BCUT2D eigenvalue weighted by molar-refractivity contribution is -0.137. The molecule has 0 bridgehead atoms. The highest BCUT2D eigenvalue weighted by Crippen LogP contribution is 2.39. The van der Waals surface area contributed by atoms with Gasteiger partial charge in [0.1, 0.15) is 5.75 Å². The Morgan fingerprint density at radius 3 is 2.45 bits per heavy atom. The monoisotopic (exact) mass is 397 g/mol. The van der Waals surface area contributed by atoms with Gasteiger partial charge in [-0.05, 0) is 84.5 Å². The summed E-state index contributed by atoms with van der Waals surface area (Å²) in [7, 11) is 0. The lowest BCUT2D eigenvalue weighted by Gasteiger charge is -2.37. The van der Waals surface area contributed by atoms with Crippen molar-refractivity contribution in [3.63, 3.8) is 0 Å². The van der Waals surface area contributed by atoms with E-state index in [1.54, 1.807) is 0 Å². The number of ether oxygens (including phenoxy) is 1. The highest BCUT2D eigenvalue weighted by atomic mass is 16.5. The van der Waals surface area contributed by atoms with Crippen LogP contribution in [0.25, 0.3) is 10.8 Å². The molecule has 158 valence electrons. The minimum Gasteiger partial charge on any atom is -0.490 e. The molecule has 4 heteroatoms. The first-order valence-corrected chi connectivity index (χ1v) is 10.9. The van der Waals surface area contributed by atoms with E-state index in [1.807, 2.05) is 0 Å². The van der Waals surface area contributed by atoms with Crippen LogP contribution < -0.4 is 10.1 Å². The van der Waals surface area contributed by atoms with Crippen molar-refractivity contribution in [2.24, 2.45) is 11.3 Å². The number of aliphatic carboxylic acids is 1. The number of hydrogen-bond acceptors (Lipinski definition) is 3. The first-order chi connectivity index (χ1) is 13.8. The molecule has 0 radical (unpaired) electrons. The average molecular weight is 398 g/mol. The van der Waals surface area contributed by atoms with Gasteiger partial charge in [0.15, 0.2) is 0 Å². The lowest BCUT2D eigenvalue weighted by atomic mass is 9.72. The number of carboxylic acids is 1. The quantitative estimate of drug-likeness (QED) is 0.555. The average Bonchev–Trinajstić information content (AvgIpc) is 2.67. The van der Waals surface area contributed by atoms with E-state index in [2.05, 4.69) is 62.5 Å². The van der Waals surface area contributed by atoms with Gasteiger partial charge in [-0.2, -0.15) is 0 Å². The summed E-state index contributed by atoms with van der Waals surface area (Å²) >= 11 is 0. The molecule has 1 aliphatic carbocycles. The number of carbonyl (C=O) groups is 1. The predicted octanol–water partition coefficient (Wildman–Crippen LogP) is 5.78. The second-order valence-electron chi connectivity index (χ2n) is 9.47. The third-order valence-electron chi connectivity index (χ3n) is 6.15. The predicted molar refractivity (Wildman–Crippen MR) is 118 cm³/mol. The van der Waals surface area contributed by atoms with Crippen molar-refractivity contribution in [1.82, 2.24) is 5.32 Å². The van der Waals surface area contributed by atoms with Crippen LogP contribution in [0.4, 0.5) is 0 Å². The van der Waals surface area contributed by atoms with Gasteiger partial charge in [-0.1, -0.05) is 39.0 Å². The summed E-state index contributed by atoms with van der Waals surface area (Å²) < 4.78 is 6.31. The molecule has 2 N–H and O–H groups in total. The van der Waals surface area contributed by atoms with Gasteiger partial charge in [0.05, 0.1) is 6.10 Å². The van der Waals surface area contributed by atoms with Crippen molar-refractivity contribution >= 4 is 16.7 Å². The van der Waals surface area contributed by atoms with Crippen LogP contribution in [-0.2, 0) is 11.3 Å². The van der Waals surface area contributed by atoms with E-state index in [0.717, 1.165) is 31.1 Å². The van der Waals surface area contributed by atoms with Crippen molar-refractivity contribution in [1.29, 1.82) is 0 Å². The van der Waals surface area contributed by atoms with Crippen molar-refractivity contribution in [2.45, 2.75) is 71.9 Å². The number of rotatable bonds is 8. The molecule has 0 aliphatic heterocycles. The highest BCUT2D eigenvalue weighted by molar-refractivity contribution is 5.84. The Morgan fingerprint density at radius 2 is 1.76 bits per heavy atom. The zero-order valence-electron chi connectivity index (χ0n) is 18.0. The molecule has 3 rings (SSSR count). The fourth-order valence-electron chi connectivity index (χ4n) is 4.29. The van der Waals surface area contributed by atoms with Crippen molar-refractivity contribution in [3.8, 4) is 5.75 Å². The van der Waals surface area contributed by atoms with Crippen LogP contribution in [0.2, 0.25) is 0 Å². The molecule has 0 amide bonds. The molecule has 0 atom stereocenters. The normalized spacial score (nSPS) is 20.0. The Kier molecular flexibility index (Phi) is 7.18. The maximum Gasteiger partial charge on any atom is 0.303 e. The van der Waals surface area contributed by atoms with Gasteiger partial charge in [-0.25, -0.2) is 0 Å². The first kappa shape index (κ1) is 21.6. The highest BCUT2D eigenvalue weighted by Gasteiger charge is 2.30. The maximum absolute atomic E-state index is 10.5. The molecule has 1 saturated carbocycles. The largest absolute Gasteiger partial charge is 0.490 e. The molecule has 0 heterocycles. The molecular formula is C25H35NO3. The molecular weight excluding hydrogens is 362 g/mol. The molecule has 0 aromatic heterocycles. The topological polar surface area (TPSA) is 58.6 Å². The lowest BCUT2D eigenvalue weighted by Crippen LogP contribution is -2.30. The number of fused-ring (bicyclic) bond motifs is 1. The second-order valence-corrected chi connectivity index (χ2v) is 9.47. The van der Waals surface area contributed by atoms with Crippen molar-refractivity contribution < 1.29 is 14.6 Å². The third kappa shape index (κ3) is 6.46. The number of nitrogens with one attached hydrogen (secondary N) is 1. The zero-order valence-corrected chi connectivity index (χ0v) is 18.0. The van der Waals surface area contributed by atoms with Crippen LogP contribution >= 0.6 is 0 Å². The summed E-state index contributed by atoms with van der Waals surface area (Å²) in [5.41, 5.74) is 1.61. The van der Waals surface area contributed by atoms with Crippen LogP contribution in [0.3, 0.4) is 0 Å². The Balaban J connectivity index is 1.52. The fourth-order valence-corrected chi connectivity index (χ4v) is 4.29. The van der Waals surface area contributed by atoms with E-state index in [0.29, 0.717) is 24.5 Å². The molecule has 29 heavy (non-hydrogen) atoms. The maximum atomic E-state index is 10.5. The first-order valence-electron chi connectivity index (χ1n) is 10.9. The zero-order chi connectivity index (χ0) is 20.9. The molecule has 1 fully saturated rings. The van der Waals surface area contributed by atoms with E-state index < -0.39 is 5.97 Å². The third-order valence-corrected chi connectivity index (χ3v) is 6.15. The van der Waals surface area contributed by atoms with Gasteiger partial charge >= 0.3 is 5.97 Å². The molecule has 0 saturated heterocycles. The molecule has 2 aromatic rings. The minimum atomic E-state index is -0.738. The smallest absolute Gasteiger partial charge is 0.303 e. The van der Waals surface area contributed by atoms with Crippen LogP contribution in [0.1, 0.15) is 64.9 Å². The number of hydrogen-bond donors (Lipinski definition) is 2. The van der Waals surface area contributed by atoms with Crippen LogP contribution in [0.15, 0.2) is 36.4 Å². The Hall–Kier alpha value is -2.07. The number of carboxylic acid groups (broad SMARTS) is 1. The number of benzene rings is 2. The minimum absolute atomic E-state index is 0.214. The summed E-state index contributed by atoms with van der Waals surface area (Å²) in [6.07, 6.45) is 6.00. The van der Waals surface area contributed by atoms with Gasteiger partial charge in [-0.15, -0.1) is 0 Å². The van der Waals surface area contributed by atoms with E-state index in [9.17, 15) is 4.79 Å². The van der Waals surface area contributed by atoms with Gasteiger partial charge in [0.25, 0.3) is 0 Å². The Bertz CT molecular complexity index is 816. The van der Waals surface area contributed by atoms with Gasteiger partial charge < -0.3 is 15.2 Å². The SMILES string of the molecule is CC(C)(C)[C@H]1CC[C@H](Oc2ccc3cc(CNCCCC(=O)O)ccc3c2)CC1. The molecule has 1 aliphatic rings. The van der Waals surface area contributed by atoms with Gasteiger partial charge in [0, 0.05) is 13.0 Å².